The number of hydrogen-bond donors (Lipinski definition) is 0. The van der Waals surface area contributed by atoms with Gasteiger partial charge in [-0.2, -0.15) is 0 Å². The summed E-state index contributed by atoms with van der Waals surface area (Å²) in [4.78, 5) is 32.3. The SMILES string of the molecule is CCOC(=O)C1=C(C)N=c2s/c(=C\c3ccc(OCCOc4ccc([C@H](C)CC)cc4)c(OCC)c3)c(=O)n2[C@@H]1c1ccc(OC)cc1. The molecule has 2 atom stereocenters. The summed E-state index contributed by atoms with van der Waals surface area (Å²) in [7, 11) is 1.59. The molecule has 0 spiro atoms. The molecule has 0 N–H and O–H groups in total. The largest absolute Gasteiger partial charge is 0.497 e. The van der Waals surface area contributed by atoms with Crippen molar-refractivity contribution >= 4 is 23.4 Å². The molecular formula is C38H42N2O7S. The summed E-state index contributed by atoms with van der Waals surface area (Å²) < 4.78 is 30.6. The van der Waals surface area contributed by atoms with Crippen molar-refractivity contribution in [2.75, 3.05) is 33.5 Å². The van der Waals surface area contributed by atoms with Gasteiger partial charge in [0.2, 0.25) is 0 Å². The highest BCUT2D eigenvalue weighted by Crippen LogP contribution is 2.32. The van der Waals surface area contributed by atoms with E-state index in [0.29, 0.717) is 63.6 Å². The molecule has 4 aromatic rings. The lowest BCUT2D eigenvalue weighted by Crippen LogP contribution is -2.39. The van der Waals surface area contributed by atoms with E-state index < -0.39 is 12.0 Å². The highest BCUT2D eigenvalue weighted by molar-refractivity contribution is 7.07. The van der Waals surface area contributed by atoms with E-state index in [2.05, 4.69) is 31.0 Å². The van der Waals surface area contributed by atoms with Gasteiger partial charge >= 0.3 is 5.97 Å². The van der Waals surface area contributed by atoms with Crippen LogP contribution in [0.3, 0.4) is 0 Å². The maximum atomic E-state index is 14.0. The maximum absolute atomic E-state index is 14.0. The van der Waals surface area contributed by atoms with Crippen LogP contribution in [0.4, 0.5) is 0 Å². The zero-order valence-electron chi connectivity index (χ0n) is 28.3. The number of benzene rings is 3. The highest BCUT2D eigenvalue weighted by atomic mass is 32.1. The van der Waals surface area contributed by atoms with Crippen molar-refractivity contribution in [2.45, 2.75) is 53.0 Å². The van der Waals surface area contributed by atoms with Crippen molar-refractivity contribution in [3.05, 3.63) is 114 Å². The average Bonchev–Trinajstić information content (AvgIpc) is 3.40. The third kappa shape index (κ3) is 7.65. The Balaban J connectivity index is 1.40. The molecule has 1 aromatic heterocycles. The molecule has 0 saturated heterocycles. The van der Waals surface area contributed by atoms with E-state index in [1.165, 1.54) is 16.9 Å². The fourth-order valence-corrected chi connectivity index (χ4v) is 6.53. The summed E-state index contributed by atoms with van der Waals surface area (Å²) in [6.45, 7) is 11.2. The number of carbonyl (C=O) groups is 1. The van der Waals surface area contributed by atoms with E-state index in [-0.39, 0.29) is 12.2 Å². The minimum absolute atomic E-state index is 0.205. The van der Waals surface area contributed by atoms with Crippen LogP contribution in [0.2, 0.25) is 0 Å². The second kappa shape index (κ2) is 15.8. The van der Waals surface area contributed by atoms with Crippen molar-refractivity contribution in [1.82, 2.24) is 4.57 Å². The van der Waals surface area contributed by atoms with Crippen molar-refractivity contribution in [2.24, 2.45) is 4.99 Å². The van der Waals surface area contributed by atoms with Gasteiger partial charge in [0.15, 0.2) is 16.3 Å². The van der Waals surface area contributed by atoms with E-state index in [1.807, 2.05) is 49.4 Å². The van der Waals surface area contributed by atoms with Gasteiger partial charge in [-0.1, -0.05) is 55.5 Å². The molecule has 9 nitrogen and oxygen atoms in total. The summed E-state index contributed by atoms with van der Waals surface area (Å²) in [6, 6.07) is 20.3. The fourth-order valence-electron chi connectivity index (χ4n) is 5.49. The first-order chi connectivity index (χ1) is 23.3. The first-order valence-corrected chi connectivity index (χ1v) is 17.1. The lowest BCUT2D eigenvalue weighted by Gasteiger charge is -2.24. The van der Waals surface area contributed by atoms with E-state index in [9.17, 15) is 9.59 Å². The number of carbonyl (C=O) groups excluding carboxylic acids is 1. The molecule has 1 aliphatic heterocycles. The van der Waals surface area contributed by atoms with E-state index in [4.69, 9.17) is 23.7 Å². The molecule has 3 aromatic carbocycles. The summed E-state index contributed by atoms with van der Waals surface area (Å²) in [6.07, 6.45) is 2.89. The molecule has 0 unspecified atom stereocenters. The predicted molar refractivity (Wildman–Crippen MR) is 187 cm³/mol. The van der Waals surface area contributed by atoms with Crippen molar-refractivity contribution < 1.29 is 28.5 Å². The minimum atomic E-state index is -0.705. The van der Waals surface area contributed by atoms with Gasteiger partial charge in [-0.3, -0.25) is 9.36 Å². The molecule has 0 aliphatic carbocycles. The third-order valence-electron chi connectivity index (χ3n) is 8.19. The van der Waals surface area contributed by atoms with Gasteiger partial charge in [-0.15, -0.1) is 0 Å². The molecule has 0 fully saturated rings. The lowest BCUT2D eigenvalue weighted by molar-refractivity contribution is -0.139. The normalized spacial score (nSPS) is 15.0. The molecule has 0 radical (unpaired) electrons. The van der Waals surface area contributed by atoms with Crippen LogP contribution >= 0.6 is 11.3 Å². The van der Waals surface area contributed by atoms with Crippen molar-refractivity contribution in [3.63, 3.8) is 0 Å². The molecule has 48 heavy (non-hydrogen) atoms. The van der Waals surface area contributed by atoms with Gasteiger partial charge in [0.25, 0.3) is 5.56 Å². The number of hydrogen-bond acceptors (Lipinski definition) is 9. The Morgan fingerprint density at radius 3 is 2.29 bits per heavy atom. The zero-order chi connectivity index (χ0) is 34.2. The monoisotopic (exact) mass is 670 g/mol. The van der Waals surface area contributed by atoms with Gasteiger partial charge in [0, 0.05) is 0 Å². The van der Waals surface area contributed by atoms with Crippen LogP contribution in [0.15, 0.2) is 87.8 Å². The molecular weight excluding hydrogens is 628 g/mol. The topological polar surface area (TPSA) is 97.6 Å². The summed E-state index contributed by atoms with van der Waals surface area (Å²) in [5.74, 6) is 2.62. The third-order valence-corrected chi connectivity index (χ3v) is 9.17. The number of fused-ring (bicyclic) bond motifs is 1. The molecule has 0 amide bonds. The Labute approximate surface area is 284 Å². The van der Waals surface area contributed by atoms with Crippen LogP contribution in [-0.4, -0.2) is 44.1 Å². The molecule has 0 saturated carbocycles. The predicted octanol–water partition coefficient (Wildman–Crippen LogP) is 6.18. The Morgan fingerprint density at radius 1 is 0.917 bits per heavy atom. The van der Waals surface area contributed by atoms with Gasteiger partial charge in [-0.05, 0) is 92.3 Å². The van der Waals surface area contributed by atoms with Crippen LogP contribution in [0.25, 0.3) is 6.08 Å². The smallest absolute Gasteiger partial charge is 0.338 e. The number of aromatic nitrogens is 1. The molecule has 2 heterocycles. The van der Waals surface area contributed by atoms with Crippen molar-refractivity contribution in [1.29, 1.82) is 0 Å². The Kier molecular flexibility index (Phi) is 11.4. The number of allylic oxidation sites excluding steroid dienone is 1. The maximum Gasteiger partial charge on any atom is 0.338 e. The van der Waals surface area contributed by atoms with Crippen LogP contribution in [0, 0.1) is 0 Å². The minimum Gasteiger partial charge on any atom is -0.497 e. The van der Waals surface area contributed by atoms with Crippen LogP contribution in [0.5, 0.6) is 23.0 Å². The molecule has 5 rings (SSSR count). The van der Waals surface area contributed by atoms with Crippen LogP contribution < -0.4 is 33.8 Å². The number of thiazole rings is 1. The van der Waals surface area contributed by atoms with Gasteiger partial charge in [-0.25, -0.2) is 9.79 Å². The summed E-state index contributed by atoms with van der Waals surface area (Å²) >= 11 is 1.26. The quantitative estimate of drug-likeness (QED) is 0.117. The average molecular weight is 671 g/mol. The molecule has 0 bridgehead atoms. The second-order valence-corrected chi connectivity index (χ2v) is 12.3. The van der Waals surface area contributed by atoms with Gasteiger partial charge in [0.1, 0.15) is 24.7 Å². The number of esters is 1. The van der Waals surface area contributed by atoms with E-state index in [0.717, 1.165) is 23.3 Å². The summed E-state index contributed by atoms with van der Waals surface area (Å²) in [5.41, 5.74) is 3.37. The Morgan fingerprint density at radius 2 is 1.62 bits per heavy atom. The number of methoxy groups -OCH3 is 1. The van der Waals surface area contributed by atoms with E-state index in [1.54, 1.807) is 43.7 Å². The van der Waals surface area contributed by atoms with Gasteiger partial charge < -0.3 is 23.7 Å². The molecule has 1 aliphatic rings. The Hall–Kier alpha value is -4.83. The van der Waals surface area contributed by atoms with Crippen LogP contribution in [0.1, 0.15) is 69.7 Å². The Bertz CT molecular complexity index is 1940. The second-order valence-electron chi connectivity index (χ2n) is 11.3. The molecule has 252 valence electrons. The fraction of sp³-hybridized carbons (Fsp3) is 0.342. The highest BCUT2D eigenvalue weighted by Gasteiger charge is 2.33. The summed E-state index contributed by atoms with van der Waals surface area (Å²) in [5, 5.41) is 0. The van der Waals surface area contributed by atoms with Crippen LogP contribution in [-0.2, 0) is 9.53 Å². The zero-order valence-corrected chi connectivity index (χ0v) is 29.1. The molecule has 10 heteroatoms. The number of nitrogens with zero attached hydrogens (tertiary/aromatic N) is 2. The van der Waals surface area contributed by atoms with Crippen molar-refractivity contribution in [3.8, 4) is 23.0 Å². The first kappa shape index (κ1) is 34.5. The van der Waals surface area contributed by atoms with E-state index >= 15 is 0 Å². The standard InChI is InChI=1S/C38H42N2O7S/c1-7-24(4)27-11-17-30(18-12-27)46-20-21-47-31-19-10-26(22-32(31)44-8-2)23-33-36(41)40-35(28-13-15-29(43-6)16-14-28)34(37(42)45-9-3)25(5)39-38(40)48-33/h10-19,22-24,35H,7-9,20-21H2,1-6H3/b33-23-/t24-,35-/m1/s1. The van der Waals surface area contributed by atoms with Gasteiger partial charge in [0.05, 0.1) is 42.2 Å². The first-order valence-electron chi connectivity index (χ1n) is 16.2. The number of ether oxygens (including phenoxy) is 5. The number of rotatable bonds is 14. The lowest BCUT2D eigenvalue weighted by atomic mass is 9.96.